The normalized spacial score (nSPS) is 12.0. The number of hydrogen-bond donors (Lipinski definition) is 0. The fraction of sp³-hybridized carbons (Fsp3) is 0.250. The fourth-order valence-corrected chi connectivity index (χ4v) is 0.750. The molecule has 1 heterocycles. The summed E-state index contributed by atoms with van der Waals surface area (Å²) in [5.41, 5.74) is 0. The molecule has 1 aromatic heterocycles. The molecule has 0 saturated carbocycles. The molecule has 1 aromatic rings. The molecule has 0 atom stereocenters. The van der Waals surface area contributed by atoms with E-state index in [1.165, 1.54) is 0 Å². The van der Waals surface area contributed by atoms with Gasteiger partial charge in [0.25, 0.3) is 0 Å². The van der Waals surface area contributed by atoms with Crippen molar-refractivity contribution in [3.63, 3.8) is 0 Å². The molecule has 0 aliphatic carbocycles. The maximum absolute atomic E-state index is 11.7. The highest BCUT2D eigenvalue weighted by molar-refractivity contribution is 9.10. The van der Waals surface area contributed by atoms with Gasteiger partial charge >= 0.3 is 6.30 Å². The van der Waals surface area contributed by atoms with E-state index in [2.05, 4.69) is 20.9 Å². The predicted molar refractivity (Wildman–Crippen MR) is 31.2 cm³/mol. The molecule has 0 saturated heterocycles. The molecule has 0 aliphatic rings. The van der Waals surface area contributed by atoms with Gasteiger partial charge in [-0.25, -0.2) is 9.55 Å². The maximum atomic E-state index is 11.7. The Labute approximate surface area is 62.8 Å². The largest absolute Gasteiger partial charge is 0.489 e. The predicted octanol–water partition coefficient (Wildman–Crippen LogP) is 2.12. The Morgan fingerprint density at radius 3 is 2.30 bits per heavy atom. The second-order valence-corrected chi connectivity index (χ2v) is 2.38. The van der Waals surface area contributed by atoms with Crippen molar-refractivity contribution in [1.29, 1.82) is 0 Å². The number of aromatic nitrogens is 2. The molecule has 6 heteroatoms. The van der Waals surface area contributed by atoms with E-state index in [4.69, 9.17) is 0 Å². The zero-order valence-corrected chi connectivity index (χ0v) is 6.15. The van der Waals surface area contributed by atoms with Gasteiger partial charge in [-0.15, -0.1) is 13.2 Å². The maximum Gasteiger partial charge on any atom is 0.489 e. The second-order valence-electron chi connectivity index (χ2n) is 1.57. The molecule has 0 unspecified atom stereocenters. The average molecular weight is 215 g/mol. The van der Waals surface area contributed by atoms with Gasteiger partial charge in [-0.3, -0.25) is 0 Å². The van der Waals surface area contributed by atoms with E-state index in [0.717, 1.165) is 6.20 Å². The summed E-state index contributed by atoms with van der Waals surface area (Å²) in [6, 6.07) is 0. The van der Waals surface area contributed by atoms with Crippen LogP contribution in [0.15, 0.2) is 17.1 Å². The average Bonchev–Trinajstić information content (AvgIpc) is 2.11. The molecule has 0 fully saturated rings. The van der Waals surface area contributed by atoms with Gasteiger partial charge in [0, 0.05) is 6.20 Å². The van der Waals surface area contributed by atoms with Crippen LogP contribution in [-0.4, -0.2) is 9.55 Å². The summed E-state index contributed by atoms with van der Waals surface area (Å²) in [6.45, 7) is 0. The van der Waals surface area contributed by atoms with Gasteiger partial charge in [-0.05, 0) is 15.9 Å². The van der Waals surface area contributed by atoms with Gasteiger partial charge in [0.15, 0.2) is 0 Å². The van der Waals surface area contributed by atoms with Crippen LogP contribution in [0.2, 0.25) is 0 Å². The summed E-state index contributed by atoms with van der Waals surface area (Å²) in [4.78, 5) is 3.34. The Bertz CT molecular complexity index is 229. The lowest BCUT2D eigenvalue weighted by atomic mass is 10.9. The van der Waals surface area contributed by atoms with Crippen molar-refractivity contribution in [1.82, 2.24) is 9.55 Å². The van der Waals surface area contributed by atoms with Crippen LogP contribution in [0.4, 0.5) is 13.2 Å². The molecule has 0 amide bonds. The highest BCUT2D eigenvalue weighted by Gasteiger charge is 2.29. The van der Waals surface area contributed by atoms with E-state index >= 15 is 0 Å². The van der Waals surface area contributed by atoms with Gasteiger partial charge in [-0.1, -0.05) is 0 Å². The number of imidazole rings is 1. The monoisotopic (exact) mass is 214 g/mol. The minimum absolute atomic E-state index is 0.0666. The van der Waals surface area contributed by atoms with Gasteiger partial charge < -0.3 is 0 Å². The Hall–Kier alpha value is -0.520. The first-order valence-electron chi connectivity index (χ1n) is 2.27. The van der Waals surface area contributed by atoms with Crippen LogP contribution in [0.3, 0.4) is 0 Å². The van der Waals surface area contributed by atoms with E-state index in [1.54, 1.807) is 0 Å². The van der Waals surface area contributed by atoms with Crippen molar-refractivity contribution >= 4 is 15.9 Å². The highest BCUT2D eigenvalue weighted by Crippen LogP contribution is 2.22. The molecule has 0 aliphatic heterocycles. The first-order valence-corrected chi connectivity index (χ1v) is 3.06. The van der Waals surface area contributed by atoms with Crippen LogP contribution >= 0.6 is 15.9 Å². The topological polar surface area (TPSA) is 17.8 Å². The summed E-state index contributed by atoms with van der Waals surface area (Å²) in [5.74, 6) is 0. The minimum atomic E-state index is -4.36. The lowest BCUT2D eigenvalue weighted by Crippen LogP contribution is -2.13. The zero-order valence-electron chi connectivity index (χ0n) is 4.56. The third-order valence-corrected chi connectivity index (χ3v) is 1.25. The van der Waals surface area contributed by atoms with Crippen molar-refractivity contribution in [2.45, 2.75) is 6.30 Å². The van der Waals surface area contributed by atoms with E-state index in [0.29, 0.717) is 6.33 Å². The molecule has 0 spiro atoms. The van der Waals surface area contributed by atoms with Crippen molar-refractivity contribution in [3.05, 3.63) is 17.1 Å². The lowest BCUT2D eigenvalue weighted by molar-refractivity contribution is -0.204. The molecular formula is C4H2BrF3N2. The van der Waals surface area contributed by atoms with Gasteiger partial charge in [-0.2, -0.15) is 0 Å². The summed E-state index contributed by atoms with van der Waals surface area (Å²) in [5, 5.41) is 0. The van der Waals surface area contributed by atoms with E-state index < -0.39 is 6.30 Å². The van der Waals surface area contributed by atoms with Gasteiger partial charge in [0.2, 0.25) is 0 Å². The SMILES string of the molecule is FC(F)(F)n1cnc(Br)c1. The lowest BCUT2D eigenvalue weighted by Gasteiger charge is -2.04. The van der Waals surface area contributed by atoms with Crippen LogP contribution < -0.4 is 0 Å². The van der Waals surface area contributed by atoms with Crippen LogP contribution in [0.1, 0.15) is 0 Å². The van der Waals surface area contributed by atoms with E-state index in [1.807, 2.05) is 0 Å². The quantitative estimate of drug-likeness (QED) is 0.647. The standard InChI is InChI=1S/C4H2BrF3N2/c5-3-1-10(2-9-3)4(6,7)8/h1-2H. The highest BCUT2D eigenvalue weighted by atomic mass is 79.9. The third kappa shape index (κ3) is 1.50. The molecule has 10 heavy (non-hydrogen) atoms. The smallest absolute Gasteiger partial charge is 0.247 e. The van der Waals surface area contributed by atoms with Crippen molar-refractivity contribution in [2.75, 3.05) is 0 Å². The van der Waals surface area contributed by atoms with Crippen LogP contribution in [0.5, 0.6) is 0 Å². The Morgan fingerprint density at radius 1 is 1.50 bits per heavy atom. The first kappa shape index (κ1) is 7.59. The third-order valence-electron chi connectivity index (χ3n) is 0.844. The Kier molecular flexibility index (Phi) is 1.72. The second kappa shape index (κ2) is 2.26. The Morgan fingerprint density at radius 2 is 2.10 bits per heavy atom. The number of hydrogen-bond acceptors (Lipinski definition) is 1. The van der Waals surface area contributed by atoms with Crippen molar-refractivity contribution < 1.29 is 13.2 Å². The summed E-state index contributed by atoms with van der Waals surface area (Å²) < 4.78 is 35.3. The molecule has 2 nitrogen and oxygen atoms in total. The summed E-state index contributed by atoms with van der Waals surface area (Å²) in [6.07, 6.45) is -2.82. The number of nitrogens with zero attached hydrogens (tertiary/aromatic N) is 2. The van der Waals surface area contributed by atoms with E-state index in [9.17, 15) is 13.2 Å². The molecule has 0 aromatic carbocycles. The molecule has 0 radical (unpaired) electrons. The Balaban J connectivity index is 2.96. The van der Waals surface area contributed by atoms with Crippen LogP contribution in [-0.2, 0) is 6.30 Å². The molecule has 1 rings (SSSR count). The van der Waals surface area contributed by atoms with Crippen LogP contribution in [0, 0.1) is 0 Å². The summed E-state index contributed by atoms with van der Waals surface area (Å²) >= 11 is 2.79. The summed E-state index contributed by atoms with van der Waals surface area (Å²) in [7, 11) is 0. The van der Waals surface area contributed by atoms with Crippen molar-refractivity contribution in [2.24, 2.45) is 0 Å². The van der Waals surface area contributed by atoms with Gasteiger partial charge in [0.1, 0.15) is 10.9 Å². The van der Waals surface area contributed by atoms with Crippen molar-refractivity contribution in [3.8, 4) is 0 Å². The number of alkyl halides is 3. The fourth-order valence-electron chi connectivity index (χ4n) is 0.437. The zero-order chi connectivity index (χ0) is 7.78. The van der Waals surface area contributed by atoms with Gasteiger partial charge in [0.05, 0.1) is 0 Å². The number of rotatable bonds is 0. The molecule has 56 valence electrons. The molecule has 0 N–H and O–H groups in total. The minimum Gasteiger partial charge on any atom is -0.247 e. The number of halogens is 4. The first-order chi connectivity index (χ1) is 4.50. The molecular weight excluding hydrogens is 213 g/mol. The molecule has 0 bridgehead atoms. The van der Waals surface area contributed by atoms with E-state index in [-0.39, 0.29) is 9.17 Å². The van der Waals surface area contributed by atoms with Crippen LogP contribution in [0.25, 0.3) is 0 Å².